The van der Waals surface area contributed by atoms with Crippen molar-refractivity contribution in [2.24, 2.45) is 0 Å². The molecule has 2 aromatic rings. The SMILES string of the molecule is CCc1nc2cccnc2n1C1CCCNC1. The molecule has 2 aromatic heterocycles. The average Bonchev–Trinajstić information content (AvgIpc) is 2.78. The summed E-state index contributed by atoms with van der Waals surface area (Å²) < 4.78 is 2.33. The van der Waals surface area contributed by atoms with Crippen molar-refractivity contribution < 1.29 is 0 Å². The molecule has 1 fully saturated rings. The quantitative estimate of drug-likeness (QED) is 0.857. The minimum atomic E-state index is 0.513. The Morgan fingerprint density at radius 3 is 3.24 bits per heavy atom. The molecule has 0 saturated carbocycles. The van der Waals surface area contributed by atoms with Crippen molar-refractivity contribution in [3.05, 3.63) is 24.2 Å². The monoisotopic (exact) mass is 230 g/mol. The maximum atomic E-state index is 4.68. The number of hydrogen-bond acceptors (Lipinski definition) is 3. The normalized spacial score (nSPS) is 20.9. The van der Waals surface area contributed by atoms with Crippen molar-refractivity contribution in [3.63, 3.8) is 0 Å². The van der Waals surface area contributed by atoms with Crippen LogP contribution >= 0.6 is 0 Å². The minimum absolute atomic E-state index is 0.513. The van der Waals surface area contributed by atoms with Gasteiger partial charge >= 0.3 is 0 Å². The topological polar surface area (TPSA) is 42.7 Å². The second-order valence-electron chi connectivity index (χ2n) is 4.60. The van der Waals surface area contributed by atoms with Crippen LogP contribution in [0.3, 0.4) is 0 Å². The van der Waals surface area contributed by atoms with Gasteiger partial charge in [-0.15, -0.1) is 0 Å². The molecule has 1 saturated heterocycles. The van der Waals surface area contributed by atoms with E-state index in [1.807, 2.05) is 18.3 Å². The number of aryl methyl sites for hydroxylation is 1. The fourth-order valence-electron chi connectivity index (χ4n) is 2.66. The number of pyridine rings is 1. The van der Waals surface area contributed by atoms with E-state index in [0.717, 1.165) is 36.5 Å². The third kappa shape index (κ3) is 1.82. The number of hydrogen-bond donors (Lipinski definition) is 1. The van der Waals surface area contributed by atoms with Crippen molar-refractivity contribution >= 4 is 11.2 Å². The third-order valence-electron chi connectivity index (χ3n) is 3.47. The van der Waals surface area contributed by atoms with Crippen LogP contribution in [-0.2, 0) is 6.42 Å². The average molecular weight is 230 g/mol. The van der Waals surface area contributed by atoms with Crippen molar-refractivity contribution in [1.29, 1.82) is 0 Å². The lowest BCUT2D eigenvalue weighted by molar-refractivity contribution is 0.369. The fourth-order valence-corrected chi connectivity index (χ4v) is 2.66. The smallest absolute Gasteiger partial charge is 0.160 e. The second-order valence-corrected chi connectivity index (χ2v) is 4.60. The van der Waals surface area contributed by atoms with Crippen LogP contribution in [0.1, 0.15) is 31.6 Å². The highest BCUT2D eigenvalue weighted by molar-refractivity contribution is 5.71. The highest BCUT2D eigenvalue weighted by Gasteiger charge is 2.20. The maximum Gasteiger partial charge on any atom is 0.160 e. The molecule has 1 aliphatic rings. The van der Waals surface area contributed by atoms with Crippen LogP contribution in [0, 0.1) is 0 Å². The van der Waals surface area contributed by atoms with E-state index < -0.39 is 0 Å². The number of nitrogens with one attached hydrogen (secondary N) is 1. The van der Waals surface area contributed by atoms with Crippen LogP contribution in [0.5, 0.6) is 0 Å². The largest absolute Gasteiger partial charge is 0.315 e. The van der Waals surface area contributed by atoms with E-state index in [9.17, 15) is 0 Å². The van der Waals surface area contributed by atoms with E-state index in [0.29, 0.717) is 6.04 Å². The van der Waals surface area contributed by atoms with Crippen molar-refractivity contribution in [1.82, 2.24) is 19.9 Å². The van der Waals surface area contributed by atoms with E-state index >= 15 is 0 Å². The van der Waals surface area contributed by atoms with Crippen molar-refractivity contribution in [2.45, 2.75) is 32.2 Å². The van der Waals surface area contributed by atoms with Crippen molar-refractivity contribution in [2.75, 3.05) is 13.1 Å². The van der Waals surface area contributed by atoms with E-state index in [1.54, 1.807) is 0 Å². The Kier molecular flexibility index (Phi) is 2.81. The van der Waals surface area contributed by atoms with E-state index in [4.69, 9.17) is 0 Å². The number of aromatic nitrogens is 3. The summed E-state index contributed by atoms with van der Waals surface area (Å²) >= 11 is 0. The molecule has 3 rings (SSSR count). The lowest BCUT2D eigenvalue weighted by Crippen LogP contribution is -2.32. The van der Waals surface area contributed by atoms with Gasteiger partial charge < -0.3 is 9.88 Å². The predicted octanol–water partition coefficient (Wildman–Crippen LogP) is 1.92. The fraction of sp³-hybridized carbons (Fsp3) is 0.538. The summed E-state index contributed by atoms with van der Waals surface area (Å²) in [4.78, 5) is 9.18. The van der Waals surface area contributed by atoms with Gasteiger partial charge in [-0.3, -0.25) is 0 Å². The van der Waals surface area contributed by atoms with Crippen LogP contribution in [0.2, 0.25) is 0 Å². The molecular weight excluding hydrogens is 212 g/mol. The first-order valence-corrected chi connectivity index (χ1v) is 6.42. The van der Waals surface area contributed by atoms with Gasteiger partial charge in [0.1, 0.15) is 11.3 Å². The summed E-state index contributed by atoms with van der Waals surface area (Å²) in [5, 5.41) is 3.46. The molecule has 3 heterocycles. The molecule has 1 aliphatic heterocycles. The van der Waals surface area contributed by atoms with Gasteiger partial charge in [0, 0.05) is 25.2 Å². The lowest BCUT2D eigenvalue weighted by atomic mass is 10.1. The zero-order chi connectivity index (χ0) is 11.7. The van der Waals surface area contributed by atoms with Gasteiger partial charge in [-0.25, -0.2) is 9.97 Å². The number of fused-ring (bicyclic) bond motifs is 1. The Hall–Kier alpha value is -1.42. The van der Waals surface area contributed by atoms with Crippen LogP contribution in [0.4, 0.5) is 0 Å². The molecule has 1 N–H and O–H groups in total. The summed E-state index contributed by atoms with van der Waals surface area (Å²) in [6, 6.07) is 4.52. The van der Waals surface area contributed by atoms with Crippen LogP contribution in [-0.4, -0.2) is 27.6 Å². The summed E-state index contributed by atoms with van der Waals surface area (Å²) in [6.45, 7) is 4.33. The molecule has 1 atom stereocenters. The zero-order valence-electron chi connectivity index (χ0n) is 10.2. The molecule has 0 aromatic carbocycles. The predicted molar refractivity (Wildman–Crippen MR) is 68.0 cm³/mol. The van der Waals surface area contributed by atoms with Crippen LogP contribution in [0.15, 0.2) is 18.3 Å². The summed E-state index contributed by atoms with van der Waals surface area (Å²) in [5.41, 5.74) is 2.06. The van der Waals surface area contributed by atoms with Gasteiger partial charge in [-0.2, -0.15) is 0 Å². The molecule has 0 bridgehead atoms. The molecule has 1 unspecified atom stereocenters. The Morgan fingerprint density at radius 1 is 1.53 bits per heavy atom. The van der Waals surface area contributed by atoms with Crippen LogP contribution in [0.25, 0.3) is 11.2 Å². The highest BCUT2D eigenvalue weighted by atomic mass is 15.2. The molecule has 0 amide bonds. The molecule has 0 spiro atoms. The maximum absolute atomic E-state index is 4.68. The molecule has 0 radical (unpaired) electrons. The standard InChI is InChI=1S/C13H18N4/c1-2-12-16-11-6-4-8-15-13(11)17(12)10-5-3-7-14-9-10/h4,6,8,10,14H,2-3,5,7,9H2,1H3. The number of rotatable bonds is 2. The van der Waals surface area contributed by atoms with Crippen LogP contribution < -0.4 is 5.32 Å². The number of imidazole rings is 1. The summed E-state index contributed by atoms with van der Waals surface area (Å²) in [5.74, 6) is 1.16. The first-order chi connectivity index (χ1) is 8.40. The van der Waals surface area contributed by atoms with Gasteiger partial charge in [-0.05, 0) is 31.5 Å². The van der Waals surface area contributed by atoms with E-state index in [-0.39, 0.29) is 0 Å². The molecule has 90 valence electrons. The number of piperidine rings is 1. The van der Waals surface area contributed by atoms with Gasteiger partial charge in [0.15, 0.2) is 5.65 Å². The van der Waals surface area contributed by atoms with Gasteiger partial charge in [0.05, 0.1) is 0 Å². The first kappa shape index (κ1) is 10.7. The molecule has 0 aliphatic carbocycles. The number of nitrogens with zero attached hydrogens (tertiary/aromatic N) is 3. The second kappa shape index (κ2) is 4.45. The molecular formula is C13H18N4. The summed E-state index contributed by atoms with van der Waals surface area (Å²) in [7, 11) is 0. The molecule has 4 heteroatoms. The highest BCUT2D eigenvalue weighted by Crippen LogP contribution is 2.24. The third-order valence-corrected chi connectivity index (χ3v) is 3.47. The Bertz CT molecular complexity index is 511. The first-order valence-electron chi connectivity index (χ1n) is 6.42. The van der Waals surface area contributed by atoms with Gasteiger partial charge in [0.25, 0.3) is 0 Å². The molecule has 4 nitrogen and oxygen atoms in total. The van der Waals surface area contributed by atoms with Crippen molar-refractivity contribution in [3.8, 4) is 0 Å². The molecule has 17 heavy (non-hydrogen) atoms. The van der Waals surface area contributed by atoms with E-state index in [2.05, 4.69) is 26.8 Å². The Labute approximate surface area is 101 Å². The zero-order valence-corrected chi connectivity index (χ0v) is 10.2. The lowest BCUT2D eigenvalue weighted by Gasteiger charge is -2.25. The minimum Gasteiger partial charge on any atom is -0.315 e. The summed E-state index contributed by atoms with van der Waals surface area (Å²) in [6.07, 6.45) is 5.28. The van der Waals surface area contributed by atoms with E-state index in [1.165, 1.54) is 12.8 Å². The van der Waals surface area contributed by atoms with Gasteiger partial charge in [0.2, 0.25) is 0 Å². The Morgan fingerprint density at radius 2 is 2.47 bits per heavy atom. The van der Waals surface area contributed by atoms with Gasteiger partial charge in [-0.1, -0.05) is 6.92 Å². The Balaban J connectivity index is 2.11.